The lowest BCUT2D eigenvalue weighted by atomic mass is 10.2. The summed E-state index contributed by atoms with van der Waals surface area (Å²) in [5.41, 5.74) is 1.39. The van der Waals surface area contributed by atoms with E-state index in [4.69, 9.17) is 9.15 Å². The van der Waals surface area contributed by atoms with E-state index in [9.17, 15) is 18.0 Å². The van der Waals surface area contributed by atoms with Gasteiger partial charge in [-0.3, -0.25) is 9.78 Å². The molecule has 0 unspecified atom stereocenters. The monoisotopic (exact) mass is 450 g/mol. The van der Waals surface area contributed by atoms with E-state index >= 15 is 0 Å². The number of carbonyl (C=O) groups is 2. The fourth-order valence-corrected chi connectivity index (χ4v) is 4.51. The third-order valence-corrected chi connectivity index (χ3v) is 6.32. The summed E-state index contributed by atoms with van der Waals surface area (Å²) in [7, 11) is -3.69. The summed E-state index contributed by atoms with van der Waals surface area (Å²) in [5, 5.41) is 3.42. The minimum atomic E-state index is -3.69. The van der Waals surface area contributed by atoms with Crippen LogP contribution >= 0.6 is 0 Å². The van der Waals surface area contributed by atoms with Crippen LogP contribution in [0.1, 0.15) is 16.1 Å². The number of ether oxygens (including phenoxy) is 1. The van der Waals surface area contributed by atoms with Crippen LogP contribution in [0.25, 0.3) is 10.9 Å². The summed E-state index contributed by atoms with van der Waals surface area (Å²) in [6, 6.07) is 18.1. The minimum absolute atomic E-state index is 0.129. The highest BCUT2D eigenvalue weighted by atomic mass is 32.2. The molecule has 9 heteroatoms. The number of rotatable bonds is 7. The van der Waals surface area contributed by atoms with Gasteiger partial charge in [0, 0.05) is 17.1 Å². The van der Waals surface area contributed by atoms with E-state index in [1.807, 2.05) is 12.1 Å². The van der Waals surface area contributed by atoms with Crippen molar-refractivity contribution < 1.29 is 27.2 Å². The van der Waals surface area contributed by atoms with Gasteiger partial charge < -0.3 is 14.5 Å². The highest BCUT2D eigenvalue weighted by Gasteiger charge is 2.24. The molecule has 4 rings (SSSR count). The number of carbonyl (C=O) groups excluding carboxylic acids is 2. The number of aromatic nitrogens is 1. The first-order valence-electron chi connectivity index (χ1n) is 9.59. The van der Waals surface area contributed by atoms with E-state index < -0.39 is 34.1 Å². The van der Waals surface area contributed by atoms with E-state index in [2.05, 4.69) is 10.3 Å². The lowest BCUT2D eigenvalue weighted by Gasteiger charge is -2.09. The fourth-order valence-electron chi connectivity index (χ4n) is 3.14. The number of hydrogen-bond donors (Lipinski definition) is 1. The van der Waals surface area contributed by atoms with E-state index in [1.54, 1.807) is 42.6 Å². The molecule has 0 bridgehead atoms. The summed E-state index contributed by atoms with van der Waals surface area (Å²) in [4.78, 5) is 29.1. The highest BCUT2D eigenvalue weighted by Crippen LogP contribution is 2.22. The number of benzene rings is 2. The zero-order valence-corrected chi connectivity index (χ0v) is 17.5. The summed E-state index contributed by atoms with van der Waals surface area (Å²) in [6.07, 6.45) is 2.85. The molecule has 0 saturated heterocycles. The van der Waals surface area contributed by atoms with Gasteiger partial charge in [-0.15, -0.1) is 0 Å². The van der Waals surface area contributed by atoms with Gasteiger partial charge in [0.05, 0.1) is 28.1 Å². The maximum Gasteiger partial charge on any atom is 0.375 e. The smallest absolute Gasteiger partial charge is 0.375 e. The van der Waals surface area contributed by atoms with Gasteiger partial charge in [-0.25, -0.2) is 13.2 Å². The molecule has 32 heavy (non-hydrogen) atoms. The van der Waals surface area contributed by atoms with Crippen LogP contribution in [0.15, 0.2) is 88.5 Å². The second kappa shape index (κ2) is 9.03. The summed E-state index contributed by atoms with van der Waals surface area (Å²) in [5.74, 6) is -2.18. The molecule has 0 fully saturated rings. The lowest BCUT2D eigenvalue weighted by molar-refractivity contribution is -0.119. The standard InChI is InChI=1S/C23H18N2O6S/c26-21(25-20-10-4-9-19-18(20)8-5-12-24-19)14-31-23(27)22-16(11-13-30-22)15-32(28,29)17-6-2-1-3-7-17/h1-13H,14-15H2,(H,25,26). The van der Waals surface area contributed by atoms with Crippen molar-refractivity contribution in [2.24, 2.45) is 0 Å². The Hall–Kier alpha value is -3.98. The molecule has 0 aliphatic rings. The maximum absolute atomic E-state index is 12.6. The molecule has 2 heterocycles. The van der Waals surface area contributed by atoms with Crippen molar-refractivity contribution in [1.29, 1.82) is 0 Å². The Bertz CT molecular complexity index is 1370. The maximum atomic E-state index is 12.6. The van der Waals surface area contributed by atoms with Crippen LogP contribution in [0, 0.1) is 0 Å². The first kappa shape index (κ1) is 21.3. The molecule has 2 aromatic heterocycles. The molecule has 0 atom stereocenters. The zero-order valence-electron chi connectivity index (χ0n) is 16.7. The third kappa shape index (κ3) is 4.68. The topological polar surface area (TPSA) is 116 Å². The van der Waals surface area contributed by atoms with Gasteiger partial charge in [0.2, 0.25) is 5.76 Å². The number of furan rings is 1. The van der Waals surface area contributed by atoms with Gasteiger partial charge in [-0.2, -0.15) is 0 Å². The molecule has 0 aliphatic heterocycles. The molecule has 1 N–H and O–H groups in total. The van der Waals surface area contributed by atoms with Gasteiger partial charge in [0.1, 0.15) is 0 Å². The minimum Gasteiger partial charge on any atom is -0.457 e. The predicted molar refractivity (Wildman–Crippen MR) is 117 cm³/mol. The SMILES string of the molecule is O=C(COC(=O)c1occc1CS(=O)(=O)c1ccccc1)Nc1cccc2ncccc12. The Morgan fingerprint density at radius 2 is 1.78 bits per heavy atom. The first-order valence-corrected chi connectivity index (χ1v) is 11.2. The average molecular weight is 450 g/mol. The molecular weight excluding hydrogens is 432 g/mol. The Morgan fingerprint density at radius 1 is 0.969 bits per heavy atom. The van der Waals surface area contributed by atoms with Crippen LogP contribution in [-0.4, -0.2) is 31.9 Å². The fraction of sp³-hybridized carbons (Fsp3) is 0.0870. The second-order valence-corrected chi connectivity index (χ2v) is 8.84. The van der Waals surface area contributed by atoms with Crippen molar-refractivity contribution in [2.75, 3.05) is 11.9 Å². The molecule has 0 spiro atoms. The number of nitrogens with one attached hydrogen (secondary N) is 1. The molecule has 0 saturated carbocycles. The van der Waals surface area contributed by atoms with Crippen molar-refractivity contribution in [1.82, 2.24) is 4.98 Å². The van der Waals surface area contributed by atoms with Crippen LogP contribution < -0.4 is 5.32 Å². The van der Waals surface area contributed by atoms with Crippen molar-refractivity contribution in [3.8, 4) is 0 Å². The molecule has 0 radical (unpaired) electrons. The Morgan fingerprint density at radius 3 is 2.59 bits per heavy atom. The Kier molecular flexibility index (Phi) is 6.00. The normalized spacial score (nSPS) is 11.2. The van der Waals surface area contributed by atoms with Crippen molar-refractivity contribution in [3.63, 3.8) is 0 Å². The quantitative estimate of drug-likeness (QED) is 0.428. The van der Waals surface area contributed by atoms with E-state index in [-0.39, 0.29) is 16.2 Å². The lowest BCUT2D eigenvalue weighted by Crippen LogP contribution is -2.21. The van der Waals surface area contributed by atoms with E-state index in [1.165, 1.54) is 24.5 Å². The van der Waals surface area contributed by atoms with Crippen LogP contribution in [-0.2, 0) is 25.1 Å². The Labute approximate surface area is 183 Å². The van der Waals surface area contributed by atoms with Gasteiger partial charge in [0.15, 0.2) is 16.4 Å². The third-order valence-electron chi connectivity index (χ3n) is 4.63. The predicted octanol–water partition coefficient (Wildman–Crippen LogP) is 3.60. The van der Waals surface area contributed by atoms with E-state index in [0.29, 0.717) is 11.2 Å². The number of sulfone groups is 1. The summed E-state index contributed by atoms with van der Waals surface area (Å²) >= 11 is 0. The number of nitrogens with zero attached hydrogens (tertiary/aromatic N) is 1. The molecule has 0 aliphatic carbocycles. The van der Waals surface area contributed by atoms with Gasteiger partial charge in [-0.05, 0) is 42.5 Å². The largest absolute Gasteiger partial charge is 0.457 e. The number of anilines is 1. The average Bonchev–Trinajstić information content (AvgIpc) is 3.26. The van der Waals surface area contributed by atoms with Gasteiger partial charge in [-0.1, -0.05) is 24.3 Å². The molecular formula is C23H18N2O6S. The summed E-state index contributed by atoms with van der Waals surface area (Å²) in [6.45, 7) is -0.568. The van der Waals surface area contributed by atoms with Crippen molar-refractivity contribution >= 4 is 38.3 Å². The highest BCUT2D eigenvalue weighted by molar-refractivity contribution is 7.90. The second-order valence-electron chi connectivity index (χ2n) is 6.85. The van der Waals surface area contributed by atoms with Crippen LogP contribution in [0.5, 0.6) is 0 Å². The summed E-state index contributed by atoms with van der Waals surface area (Å²) < 4.78 is 35.4. The van der Waals surface area contributed by atoms with Gasteiger partial charge >= 0.3 is 5.97 Å². The Balaban J connectivity index is 1.41. The number of hydrogen-bond acceptors (Lipinski definition) is 7. The number of pyridine rings is 1. The van der Waals surface area contributed by atoms with Crippen LogP contribution in [0.3, 0.4) is 0 Å². The molecule has 2 aromatic carbocycles. The molecule has 4 aromatic rings. The number of fused-ring (bicyclic) bond motifs is 1. The van der Waals surface area contributed by atoms with Crippen molar-refractivity contribution in [3.05, 3.63) is 90.5 Å². The zero-order chi connectivity index (χ0) is 22.6. The van der Waals surface area contributed by atoms with Crippen LogP contribution in [0.4, 0.5) is 5.69 Å². The molecule has 1 amide bonds. The van der Waals surface area contributed by atoms with Crippen molar-refractivity contribution in [2.45, 2.75) is 10.6 Å². The van der Waals surface area contributed by atoms with Crippen LogP contribution in [0.2, 0.25) is 0 Å². The molecule has 162 valence electrons. The molecule has 8 nitrogen and oxygen atoms in total. The first-order chi connectivity index (χ1) is 15.4. The van der Waals surface area contributed by atoms with Gasteiger partial charge in [0.25, 0.3) is 5.91 Å². The van der Waals surface area contributed by atoms with E-state index in [0.717, 1.165) is 5.39 Å². The number of esters is 1. The number of amides is 1.